The highest BCUT2D eigenvalue weighted by Gasteiger charge is 2.13. The molecule has 0 unspecified atom stereocenters. The lowest BCUT2D eigenvalue weighted by atomic mass is 10.2. The second-order valence-corrected chi connectivity index (χ2v) is 3.61. The van der Waals surface area contributed by atoms with Gasteiger partial charge in [0, 0.05) is 11.8 Å². The van der Waals surface area contributed by atoms with Crippen molar-refractivity contribution in [3.05, 3.63) is 47.2 Å². The molecule has 0 aliphatic carbocycles. The smallest absolute Gasteiger partial charge is 0.342 e. The minimum Gasteiger partial charge on any atom is -0.465 e. The first kappa shape index (κ1) is 11.5. The Morgan fingerprint density at radius 1 is 1.29 bits per heavy atom. The molecule has 0 saturated heterocycles. The van der Waals surface area contributed by atoms with Crippen molar-refractivity contribution in [2.45, 2.75) is 0 Å². The molecular weight excluding hydrogens is 240 g/mol. The summed E-state index contributed by atoms with van der Waals surface area (Å²) in [4.78, 5) is 19.4. The van der Waals surface area contributed by atoms with Crippen molar-refractivity contribution in [3.63, 3.8) is 0 Å². The summed E-state index contributed by atoms with van der Waals surface area (Å²) in [5.41, 5.74) is 1.000. The lowest BCUT2D eigenvalue weighted by molar-refractivity contribution is 0.0600. The Balaban J connectivity index is 2.41. The SMILES string of the molecule is COC(=O)c1cnc(-c2ccccc2)nc1Cl. The van der Waals surface area contributed by atoms with Crippen LogP contribution in [0, 0.1) is 0 Å². The van der Waals surface area contributed by atoms with Gasteiger partial charge in [-0.3, -0.25) is 0 Å². The lowest BCUT2D eigenvalue weighted by Gasteiger charge is -2.03. The third-order valence-corrected chi connectivity index (χ3v) is 2.47. The van der Waals surface area contributed by atoms with Crippen LogP contribution in [0.5, 0.6) is 0 Å². The number of carbonyl (C=O) groups excluding carboxylic acids is 1. The van der Waals surface area contributed by atoms with Crippen molar-refractivity contribution in [2.75, 3.05) is 7.11 Å². The summed E-state index contributed by atoms with van der Waals surface area (Å²) in [7, 11) is 1.28. The van der Waals surface area contributed by atoms with E-state index in [1.807, 2.05) is 30.3 Å². The molecule has 0 aliphatic rings. The van der Waals surface area contributed by atoms with Gasteiger partial charge in [-0.05, 0) is 0 Å². The number of halogens is 1. The number of carbonyl (C=O) groups is 1. The molecule has 0 fully saturated rings. The van der Waals surface area contributed by atoms with Crippen LogP contribution in [0.25, 0.3) is 11.4 Å². The van der Waals surface area contributed by atoms with Crippen LogP contribution in [0.15, 0.2) is 36.5 Å². The van der Waals surface area contributed by atoms with Gasteiger partial charge in [-0.1, -0.05) is 41.9 Å². The maximum atomic E-state index is 11.3. The quantitative estimate of drug-likeness (QED) is 0.606. The number of hydrogen-bond acceptors (Lipinski definition) is 4. The fourth-order valence-corrected chi connectivity index (χ4v) is 1.54. The summed E-state index contributed by atoms with van der Waals surface area (Å²) in [5, 5.41) is 0.0886. The standard InChI is InChI=1S/C12H9ClN2O2/c1-17-12(16)9-7-14-11(15-10(9)13)8-5-3-2-4-6-8/h2-7H,1H3. The highest BCUT2D eigenvalue weighted by Crippen LogP contribution is 2.19. The average molecular weight is 249 g/mol. The number of ether oxygens (including phenoxy) is 1. The van der Waals surface area contributed by atoms with Gasteiger partial charge in [0.2, 0.25) is 0 Å². The molecule has 1 aromatic carbocycles. The third-order valence-electron chi connectivity index (χ3n) is 2.18. The van der Waals surface area contributed by atoms with E-state index in [2.05, 4.69) is 14.7 Å². The molecule has 2 rings (SSSR count). The number of methoxy groups -OCH3 is 1. The first-order valence-electron chi connectivity index (χ1n) is 4.88. The Kier molecular flexibility index (Phi) is 3.35. The zero-order valence-corrected chi connectivity index (χ0v) is 9.81. The molecule has 0 N–H and O–H groups in total. The zero-order valence-electron chi connectivity index (χ0n) is 9.05. The van der Waals surface area contributed by atoms with Gasteiger partial charge in [-0.25, -0.2) is 14.8 Å². The number of nitrogens with zero attached hydrogens (tertiary/aromatic N) is 2. The molecule has 17 heavy (non-hydrogen) atoms. The molecule has 2 aromatic rings. The van der Waals surface area contributed by atoms with Crippen molar-refractivity contribution < 1.29 is 9.53 Å². The van der Waals surface area contributed by atoms with Crippen molar-refractivity contribution >= 4 is 17.6 Å². The lowest BCUT2D eigenvalue weighted by Crippen LogP contribution is -2.05. The van der Waals surface area contributed by atoms with E-state index in [9.17, 15) is 4.79 Å². The van der Waals surface area contributed by atoms with Crippen LogP contribution in [0.1, 0.15) is 10.4 Å². The van der Waals surface area contributed by atoms with E-state index in [-0.39, 0.29) is 10.7 Å². The van der Waals surface area contributed by atoms with Gasteiger partial charge in [-0.15, -0.1) is 0 Å². The summed E-state index contributed by atoms with van der Waals surface area (Å²) in [5.74, 6) is -0.0714. The molecule has 0 aliphatic heterocycles. The fraction of sp³-hybridized carbons (Fsp3) is 0.0833. The summed E-state index contributed by atoms with van der Waals surface area (Å²) in [6.45, 7) is 0. The van der Waals surface area contributed by atoms with Crippen molar-refractivity contribution in [1.29, 1.82) is 0 Å². The van der Waals surface area contributed by atoms with Crippen LogP contribution in [0.2, 0.25) is 5.15 Å². The molecule has 5 heteroatoms. The van der Waals surface area contributed by atoms with Crippen LogP contribution in [-0.4, -0.2) is 23.0 Å². The molecule has 0 amide bonds. The largest absolute Gasteiger partial charge is 0.465 e. The summed E-state index contributed by atoms with van der Waals surface area (Å²) < 4.78 is 4.56. The molecule has 1 aromatic heterocycles. The van der Waals surface area contributed by atoms with Crippen LogP contribution in [0.3, 0.4) is 0 Å². The zero-order chi connectivity index (χ0) is 12.3. The second-order valence-electron chi connectivity index (χ2n) is 3.26. The summed E-state index contributed by atoms with van der Waals surface area (Å²) in [6, 6.07) is 9.38. The molecule has 4 nitrogen and oxygen atoms in total. The molecule has 0 atom stereocenters. The van der Waals surface area contributed by atoms with E-state index in [4.69, 9.17) is 11.6 Å². The maximum Gasteiger partial charge on any atom is 0.342 e. The average Bonchev–Trinajstić information content (AvgIpc) is 2.39. The van der Waals surface area contributed by atoms with Gasteiger partial charge in [0.05, 0.1) is 7.11 Å². The first-order chi connectivity index (χ1) is 8.22. The van der Waals surface area contributed by atoms with Gasteiger partial charge in [0.25, 0.3) is 0 Å². The number of aromatic nitrogens is 2. The minimum atomic E-state index is -0.547. The Morgan fingerprint density at radius 3 is 2.59 bits per heavy atom. The van der Waals surface area contributed by atoms with Gasteiger partial charge in [0.15, 0.2) is 5.82 Å². The maximum absolute atomic E-state index is 11.3. The first-order valence-corrected chi connectivity index (χ1v) is 5.26. The van der Waals surface area contributed by atoms with Crippen molar-refractivity contribution in [2.24, 2.45) is 0 Å². The fourth-order valence-electron chi connectivity index (χ4n) is 1.33. The number of benzene rings is 1. The van der Waals surface area contributed by atoms with E-state index in [1.54, 1.807) is 0 Å². The molecule has 0 saturated carbocycles. The van der Waals surface area contributed by atoms with Crippen LogP contribution >= 0.6 is 11.6 Å². The number of esters is 1. The molecule has 0 spiro atoms. The normalized spacial score (nSPS) is 10.0. The monoisotopic (exact) mass is 248 g/mol. The van der Waals surface area contributed by atoms with E-state index in [0.717, 1.165) is 5.56 Å². The number of rotatable bonds is 2. The van der Waals surface area contributed by atoms with Gasteiger partial charge >= 0.3 is 5.97 Å². The van der Waals surface area contributed by atoms with Crippen LogP contribution in [-0.2, 0) is 4.74 Å². The molecule has 1 heterocycles. The second kappa shape index (κ2) is 4.93. The molecule has 0 bridgehead atoms. The predicted molar refractivity (Wildman–Crippen MR) is 63.8 cm³/mol. The topological polar surface area (TPSA) is 52.1 Å². The molecule has 0 radical (unpaired) electrons. The predicted octanol–water partition coefficient (Wildman–Crippen LogP) is 2.58. The highest BCUT2D eigenvalue weighted by atomic mass is 35.5. The van der Waals surface area contributed by atoms with E-state index in [0.29, 0.717) is 5.82 Å². The summed E-state index contributed by atoms with van der Waals surface area (Å²) in [6.07, 6.45) is 1.36. The van der Waals surface area contributed by atoms with Crippen molar-refractivity contribution in [3.8, 4) is 11.4 Å². The molecular formula is C12H9ClN2O2. The van der Waals surface area contributed by atoms with E-state index < -0.39 is 5.97 Å². The Bertz CT molecular complexity index is 543. The highest BCUT2D eigenvalue weighted by molar-refractivity contribution is 6.32. The molecule has 86 valence electrons. The number of hydrogen-bond donors (Lipinski definition) is 0. The van der Waals surface area contributed by atoms with Gasteiger partial charge < -0.3 is 4.74 Å². The van der Waals surface area contributed by atoms with Gasteiger partial charge in [-0.2, -0.15) is 0 Å². The minimum absolute atomic E-state index is 0.0886. The Morgan fingerprint density at radius 2 is 2.00 bits per heavy atom. The van der Waals surface area contributed by atoms with Crippen molar-refractivity contribution in [1.82, 2.24) is 9.97 Å². The van der Waals surface area contributed by atoms with Gasteiger partial charge in [0.1, 0.15) is 10.7 Å². The van der Waals surface area contributed by atoms with E-state index >= 15 is 0 Å². The van der Waals surface area contributed by atoms with E-state index in [1.165, 1.54) is 13.3 Å². The Hall–Kier alpha value is -1.94. The Labute approximate surface area is 103 Å². The van der Waals surface area contributed by atoms with Crippen LogP contribution in [0.4, 0.5) is 0 Å². The third kappa shape index (κ3) is 2.42. The summed E-state index contributed by atoms with van der Waals surface area (Å²) >= 11 is 5.90. The van der Waals surface area contributed by atoms with Crippen LogP contribution < -0.4 is 0 Å².